The van der Waals surface area contributed by atoms with E-state index in [2.05, 4.69) is 6.92 Å². The molecule has 1 unspecified atom stereocenters. The predicted octanol–water partition coefficient (Wildman–Crippen LogP) is 0.257. The maximum atomic E-state index is 11.5. The Labute approximate surface area is 70.7 Å². The number of likely N-dealkylation sites (tertiary alicyclic amines) is 1. The highest BCUT2D eigenvalue weighted by molar-refractivity contribution is 6.11. The van der Waals surface area contributed by atoms with Crippen LogP contribution in [0.15, 0.2) is 0 Å². The summed E-state index contributed by atoms with van der Waals surface area (Å²) in [5, 5.41) is 0. The molecule has 0 bridgehead atoms. The molecule has 0 aromatic carbocycles. The molecule has 1 saturated heterocycles. The minimum absolute atomic E-state index is 0.0642. The predicted molar refractivity (Wildman–Crippen MR) is 41.0 cm³/mol. The highest BCUT2D eigenvalue weighted by Crippen LogP contribution is 2.80. The normalized spacial score (nSPS) is 54.8. The number of carbonyl (C=O) groups excluding carboxylic acids is 2. The second kappa shape index (κ2) is 1.45. The summed E-state index contributed by atoms with van der Waals surface area (Å²) in [6.45, 7) is 2.14. The van der Waals surface area contributed by atoms with Crippen molar-refractivity contribution >= 4 is 11.8 Å². The van der Waals surface area contributed by atoms with Crippen molar-refractivity contribution in [2.45, 2.75) is 13.3 Å². The third-order valence-corrected chi connectivity index (χ3v) is 3.99. The third kappa shape index (κ3) is 0.416. The van der Waals surface area contributed by atoms with Gasteiger partial charge in [-0.05, 0) is 17.8 Å². The fourth-order valence-electron chi connectivity index (χ4n) is 3.07. The minimum atomic E-state index is 0.0642. The molecular formula is C9H11NO2. The highest BCUT2D eigenvalue weighted by atomic mass is 16.2. The second-order valence-electron chi connectivity index (χ2n) is 4.41. The average molecular weight is 165 g/mol. The van der Waals surface area contributed by atoms with Crippen LogP contribution in [0.3, 0.4) is 0 Å². The van der Waals surface area contributed by atoms with Crippen LogP contribution < -0.4 is 0 Å². The van der Waals surface area contributed by atoms with Gasteiger partial charge in [0.2, 0.25) is 11.8 Å². The van der Waals surface area contributed by atoms with E-state index in [0.29, 0.717) is 5.92 Å². The molecule has 12 heavy (non-hydrogen) atoms. The van der Waals surface area contributed by atoms with Crippen molar-refractivity contribution in [1.82, 2.24) is 4.90 Å². The lowest BCUT2D eigenvalue weighted by atomic mass is 10.2. The SMILES string of the molecule is C[C@@H]1CC12[C@@H]1C(=O)N(C)C(=O)[C@@H]12. The number of carbonyl (C=O) groups is 2. The van der Waals surface area contributed by atoms with Gasteiger partial charge >= 0.3 is 0 Å². The van der Waals surface area contributed by atoms with Gasteiger partial charge in [0, 0.05) is 7.05 Å². The summed E-state index contributed by atoms with van der Waals surface area (Å²) in [5.41, 5.74) is 0.153. The zero-order valence-electron chi connectivity index (χ0n) is 7.20. The van der Waals surface area contributed by atoms with E-state index in [0.717, 1.165) is 6.42 Å². The van der Waals surface area contributed by atoms with Crippen molar-refractivity contribution in [1.29, 1.82) is 0 Å². The van der Waals surface area contributed by atoms with E-state index in [-0.39, 0.29) is 29.1 Å². The minimum Gasteiger partial charge on any atom is -0.285 e. The first-order chi connectivity index (χ1) is 5.60. The molecule has 1 spiro atoms. The summed E-state index contributed by atoms with van der Waals surface area (Å²) in [7, 11) is 1.59. The first kappa shape index (κ1) is 6.63. The third-order valence-electron chi connectivity index (χ3n) is 3.99. The van der Waals surface area contributed by atoms with Crippen molar-refractivity contribution in [2.75, 3.05) is 7.05 Å². The van der Waals surface area contributed by atoms with Gasteiger partial charge in [0.15, 0.2) is 0 Å². The van der Waals surface area contributed by atoms with Crippen LogP contribution in [0.1, 0.15) is 13.3 Å². The lowest BCUT2D eigenvalue weighted by Crippen LogP contribution is -2.31. The van der Waals surface area contributed by atoms with E-state index in [1.54, 1.807) is 7.05 Å². The largest absolute Gasteiger partial charge is 0.285 e. The topological polar surface area (TPSA) is 37.4 Å². The standard InChI is InChI=1S/C9H11NO2/c1-4-3-9(4)5-6(9)8(12)10(2)7(5)11/h4-6H,3H2,1-2H3/t4-,5-,6+,9?/m1/s1. The van der Waals surface area contributed by atoms with Crippen LogP contribution in [0.5, 0.6) is 0 Å². The fraction of sp³-hybridized carbons (Fsp3) is 0.778. The summed E-state index contributed by atoms with van der Waals surface area (Å²) in [6, 6.07) is 0. The summed E-state index contributed by atoms with van der Waals surface area (Å²) in [5.74, 6) is 0.882. The van der Waals surface area contributed by atoms with Crippen molar-refractivity contribution in [3.05, 3.63) is 0 Å². The molecule has 64 valence electrons. The Morgan fingerprint density at radius 1 is 1.33 bits per heavy atom. The zero-order chi connectivity index (χ0) is 8.67. The highest BCUT2D eigenvalue weighted by Gasteiger charge is 2.84. The molecule has 0 radical (unpaired) electrons. The molecule has 2 saturated carbocycles. The summed E-state index contributed by atoms with van der Waals surface area (Å²) < 4.78 is 0. The number of hydrogen-bond donors (Lipinski definition) is 0. The molecule has 2 aliphatic carbocycles. The molecule has 3 heteroatoms. The quantitative estimate of drug-likeness (QED) is 0.483. The van der Waals surface area contributed by atoms with Crippen LogP contribution in [0.25, 0.3) is 0 Å². The molecule has 3 rings (SSSR count). The van der Waals surface area contributed by atoms with Crippen LogP contribution in [0, 0.1) is 23.2 Å². The molecule has 3 fully saturated rings. The fourth-order valence-corrected chi connectivity index (χ4v) is 3.07. The molecular weight excluding hydrogens is 154 g/mol. The van der Waals surface area contributed by atoms with E-state index < -0.39 is 0 Å². The van der Waals surface area contributed by atoms with Gasteiger partial charge in [-0.1, -0.05) is 6.92 Å². The van der Waals surface area contributed by atoms with Gasteiger partial charge in [0.05, 0.1) is 11.8 Å². The van der Waals surface area contributed by atoms with Gasteiger partial charge in [-0.2, -0.15) is 0 Å². The molecule has 1 heterocycles. The summed E-state index contributed by atoms with van der Waals surface area (Å²) in [4.78, 5) is 24.2. The lowest BCUT2D eigenvalue weighted by molar-refractivity contribution is -0.140. The van der Waals surface area contributed by atoms with Crippen molar-refractivity contribution < 1.29 is 9.59 Å². The molecule has 2 amide bonds. The summed E-state index contributed by atoms with van der Waals surface area (Å²) in [6.07, 6.45) is 1.09. The molecule has 3 aliphatic rings. The van der Waals surface area contributed by atoms with Crippen molar-refractivity contribution in [3.8, 4) is 0 Å². The maximum absolute atomic E-state index is 11.5. The molecule has 4 atom stereocenters. The molecule has 0 aromatic heterocycles. The Hall–Kier alpha value is -0.860. The monoisotopic (exact) mass is 165 g/mol. The first-order valence-electron chi connectivity index (χ1n) is 4.42. The number of amides is 2. The van der Waals surface area contributed by atoms with Crippen molar-refractivity contribution in [3.63, 3.8) is 0 Å². The van der Waals surface area contributed by atoms with Gasteiger partial charge in [-0.3, -0.25) is 14.5 Å². The number of imide groups is 1. The van der Waals surface area contributed by atoms with Crippen LogP contribution >= 0.6 is 0 Å². The second-order valence-corrected chi connectivity index (χ2v) is 4.41. The van der Waals surface area contributed by atoms with Crippen molar-refractivity contribution in [2.24, 2.45) is 23.2 Å². The van der Waals surface area contributed by atoms with Crippen LogP contribution in [-0.2, 0) is 9.59 Å². The van der Waals surface area contributed by atoms with Gasteiger partial charge < -0.3 is 0 Å². The Kier molecular flexibility index (Phi) is 0.804. The average Bonchev–Trinajstić information content (AvgIpc) is 2.84. The number of nitrogens with zero attached hydrogens (tertiary/aromatic N) is 1. The van der Waals surface area contributed by atoms with E-state index in [1.807, 2.05) is 0 Å². The van der Waals surface area contributed by atoms with E-state index >= 15 is 0 Å². The molecule has 0 N–H and O–H groups in total. The number of piperidine rings is 1. The Balaban J connectivity index is 1.98. The lowest BCUT2D eigenvalue weighted by Gasteiger charge is -2.10. The van der Waals surface area contributed by atoms with Crippen LogP contribution in [-0.4, -0.2) is 23.8 Å². The van der Waals surface area contributed by atoms with Crippen LogP contribution in [0.2, 0.25) is 0 Å². The smallest absolute Gasteiger partial charge is 0.233 e. The Bertz CT molecular complexity index is 288. The van der Waals surface area contributed by atoms with E-state index in [1.165, 1.54) is 4.90 Å². The Morgan fingerprint density at radius 2 is 1.75 bits per heavy atom. The molecule has 1 aliphatic heterocycles. The maximum Gasteiger partial charge on any atom is 0.233 e. The Morgan fingerprint density at radius 3 is 2.08 bits per heavy atom. The number of fused-ring (bicyclic) bond motifs is 3. The molecule has 0 aromatic rings. The number of hydrogen-bond acceptors (Lipinski definition) is 2. The van der Waals surface area contributed by atoms with Gasteiger partial charge in [-0.15, -0.1) is 0 Å². The summed E-state index contributed by atoms with van der Waals surface area (Å²) >= 11 is 0. The van der Waals surface area contributed by atoms with Gasteiger partial charge in [-0.25, -0.2) is 0 Å². The van der Waals surface area contributed by atoms with E-state index in [4.69, 9.17) is 0 Å². The number of rotatable bonds is 0. The van der Waals surface area contributed by atoms with Gasteiger partial charge in [0.25, 0.3) is 0 Å². The zero-order valence-corrected chi connectivity index (χ0v) is 7.20. The van der Waals surface area contributed by atoms with Gasteiger partial charge in [0.1, 0.15) is 0 Å². The first-order valence-corrected chi connectivity index (χ1v) is 4.42. The van der Waals surface area contributed by atoms with Crippen LogP contribution in [0.4, 0.5) is 0 Å². The van der Waals surface area contributed by atoms with E-state index in [9.17, 15) is 9.59 Å². The molecule has 3 nitrogen and oxygen atoms in total.